The van der Waals surface area contributed by atoms with E-state index in [1.807, 2.05) is 25.1 Å². The molecule has 0 heterocycles. The van der Waals surface area contributed by atoms with Crippen LogP contribution in [0.4, 0.5) is 5.69 Å². The smallest absolute Gasteiger partial charge is 0.276 e. The number of amides is 1. The quantitative estimate of drug-likeness (QED) is 0.548. The molecule has 1 amide bonds. The molecule has 0 unspecified atom stereocenters. The van der Waals surface area contributed by atoms with Crippen LogP contribution in [0.15, 0.2) is 42.5 Å². The van der Waals surface area contributed by atoms with Crippen LogP contribution in [-0.4, -0.2) is 24.7 Å². The number of hydrogen-bond donors (Lipinski definition) is 3. The molecule has 2 aromatic rings. The van der Waals surface area contributed by atoms with Gasteiger partial charge in [0.2, 0.25) is 0 Å². The molecule has 3 N–H and O–H groups in total. The van der Waals surface area contributed by atoms with Gasteiger partial charge in [0.15, 0.2) is 23.2 Å². The molecule has 25 heavy (non-hydrogen) atoms. The van der Waals surface area contributed by atoms with E-state index < -0.39 is 5.91 Å². The lowest BCUT2D eigenvalue weighted by molar-refractivity contribution is -0.123. The summed E-state index contributed by atoms with van der Waals surface area (Å²) in [6.45, 7) is 1.72. The maximum absolute atomic E-state index is 11.8. The number of carbonyl (C=O) groups is 1. The van der Waals surface area contributed by atoms with E-state index in [-0.39, 0.29) is 11.7 Å². The standard InChI is InChI=1S/C17H18ClN3O3S/c1-11-7-8-12(9-13(11)18)19-17(25)21-20-16(22)10-24-15-6-4-3-5-14(15)23-2/h3-9H,10H2,1-2H3,(H,20,22)(H2,19,21,25). The number of halogens is 1. The van der Waals surface area contributed by atoms with Gasteiger partial charge in [-0.2, -0.15) is 0 Å². The molecule has 0 fully saturated rings. The summed E-state index contributed by atoms with van der Waals surface area (Å²) in [6.07, 6.45) is 0. The van der Waals surface area contributed by atoms with Crippen molar-refractivity contribution in [2.75, 3.05) is 19.0 Å². The Kier molecular flexibility index (Phi) is 6.85. The molecule has 0 saturated carbocycles. The number of methoxy groups -OCH3 is 1. The van der Waals surface area contributed by atoms with E-state index in [4.69, 9.17) is 33.3 Å². The van der Waals surface area contributed by atoms with Gasteiger partial charge in [0.05, 0.1) is 7.11 Å². The number of hydrazine groups is 1. The summed E-state index contributed by atoms with van der Waals surface area (Å²) in [4.78, 5) is 11.8. The Morgan fingerprint density at radius 3 is 2.56 bits per heavy atom. The summed E-state index contributed by atoms with van der Waals surface area (Å²) in [7, 11) is 1.53. The largest absolute Gasteiger partial charge is 0.493 e. The minimum Gasteiger partial charge on any atom is -0.493 e. The summed E-state index contributed by atoms with van der Waals surface area (Å²) in [5.41, 5.74) is 6.72. The summed E-state index contributed by atoms with van der Waals surface area (Å²) < 4.78 is 10.6. The number of anilines is 1. The molecule has 0 bridgehead atoms. The van der Waals surface area contributed by atoms with Crippen LogP contribution in [-0.2, 0) is 4.79 Å². The highest BCUT2D eigenvalue weighted by Crippen LogP contribution is 2.25. The molecule has 0 spiro atoms. The molecule has 0 aliphatic heterocycles. The Morgan fingerprint density at radius 2 is 1.88 bits per heavy atom. The van der Waals surface area contributed by atoms with Gasteiger partial charge in [-0.3, -0.25) is 15.6 Å². The van der Waals surface area contributed by atoms with E-state index in [0.29, 0.717) is 22.2 Å². The predicted molar refractivity (Wildman–Crippen MR) is 102 cm³/mol. The van der Waals surface area contributed by atoms with Gasteiger partial charge in [0, 0.05) is 10.7 Å². The monoisotopic (exact) mass is 379 g/mol. The SMILES string of the molecule is COc1ccccc1OCC(=O)NNC(=S)Nc1ccc(C)c(Cl)c1. The lowest BCUT2D eigenvalue weighted by Crippen LogP contribution is -2.45. The summed E-state index contributed by atoms with van der Waals surface area (Å²) in [5, 5.41) is 3.77. The molecule has 132 valence electrons. The van der Waals surface area contributed by atoms with Crippen LogP contribution in [0.1, 0.15) is 5.56 Å². The number of aryl methyl sites for hydroxylation is 1. The Hall–Kier alpha value is -2.51. The third-order valence-corrected chi connectivity index (χ3v) is 3.78. The van der Waals surface area contributed by atoms with Crippen molar-refractivity contribution in [3.05, 3.63) is 53.1 Å². The van der Waals surface area contributed by atoms with Gasteiger partial charge < -0.3 is 14.8 Å². The maximum Gasteiger partial charge on any atom is 0.276 e. The first-order valence-electron chi connectivity index (χ1n) is 7.37. The molecule has 0 radical (unpaired) electrons. The Labute approximate surface area is 156 Å². The second-order valence-electron chi connectivity index (χ2n) is 5.03. The zero-order chi connectivity index (χ0) is 18.2. The topological polar surface area (TPSA) is 71.6 Å². The molecule has 0 aliphatic rings. The third-order valence-electron chi connectivity index (χ3n) is 3.17. The van der Waals surface area contributed by atoms with Crippen molar-refractivity contribution >= 4 is 40.5 Å². The highest BCUT2D eigenvalue weighted by molar-refractivity contribution is 7.80. The fourth-order valence-corrected chi connectivity index (χ4v) is 2.23. The van der Waals surface area contributed by atoms with Gasteiger partial charge in [-0.05, 0) is 49.0 Å². The number of benzene rings is 2. The fourth-order valence-electron chi connectivity index (χ4n) is 1.88. The molecule has 2 aromatic carbocycles. The van der Waals surface area contributed by atoms with Crippen molar-refractivity contribution in [2.45, 2.75) is 6.92 Å². The van der Waals surface area contributed by atoms with Gasteiger partial charge >= 0.3 is 0 Å². The first-order chi connectivity index (χ1) is 12.0. The lowest BCUT2D eigenvalue weighted by atomic mass is 10.2. The number of para-hydroxylation sites is 2. The zero-order valence-electron chi connectivity index (χ0n) is 13.8. The van der Waals surface area contributed by atoms with E-state index in [0.717, 1.165) is 5.56 Å². The Morgan fingerprint density at radius 1 is 1.16 bits per heavy atom. The molecule has 2 rings (SSSR count). The van der Waals surface area contributed by atoms with E-state index in [1.54, 1.807) is 24.3 Å². The first kappa shape index (κ1) is 18.8. The van der Waals surface area contributed by atoms with E-state index in [2.05, 4.69) is 16.2 Å². The molecule has 0 aliphatic carbocycles. The lowest BCUT2D eigenvalue weighted by Gasteiger charge is -2.13. The summed E-state index contributed by atoms with van der Waals surface area (Å²) in [6, 6.07) is 12.5. The number of ether oxygens (including phenoxy) is 2. The molecular weight excluding hydrogens is 362 g/mol. The van der Waals surface area contributed by atoms with Crippen molar-refractivity contribution in [1.82, 2.24) is 10.9 Å². The second kappa shape index (κ2) is 9.10. The van der Waals surface area contributed by atoms with Gasteiger partial charge in [0.25, 0.3) is 5.91 Å². The van der Waals surface area contributed by atoms with Crippen molar-refractivity contribution in [3.63, 3.8) is 0 Å². The number of nitrogens with one attached hydrogen (secondary N) is 3. The predicted octanol–water partition coefficient (Wildman–Crippen LogP) is 3.05. The molecule has 0 saturated heterocycles. The Bertz CT molecular complexity index is 771. The van der Waals surface area contributed by atoms with Crippen LogP contribution in [0, 0.1) is 6.92 Å². The second-order valence-corrected chi connectivity index (χ2v) is 5.85. The van der Waals surface area contributed by atoms with E-state index in [1.165, 1.54) is 7.11 Å². The van der Waals surface area contributed by atoms with Crippen LogP contribution < -0.4 is 25.6 Å². The molecule has 8 heteroatoms. The van der Waals surface area contributed by atoms with Crippen molar-refractivity contribution in [2.24, 2.45) is 0 Å². The number of rotatable bonds is 5. The van der Waals surface area contributed by atoms with Crippen molar-refractivity contribution < 1.29 is 14.3 Å². The van der Waals surface area contributed by atoms with Gasteiger partial charge in [-0.15, -0.1) is 0 Å². The third kappa shape index (κ3) is 5.81. The highest BCUT2D eigenvalue weighted by atomic mass is 35.5. The molecule has 0 atom stereocenters. The Balaban J connectivity index is 1.77. The van der Waals surface area contributed by atoms with Gasteiger partial charge in [-0.1, -0.05) is 29.8 Å². The minimum atomic E-state index is -0.392. The minimum absolute atomic E-state index is 0.188. The molecule has 6 nitrogen and oxygen atoms in total. The summed E-state index contributed by atoms with van der Waals surface area (Å²) >= 11 is 11.2. The van der Waals surface area contributed by atoms with Crippen LogP contribution in [0.5, 0.6) is 11.5 Å². The highest BCUT2D eigenvalue weighted by Gasteiger charge is 2.07. The first-order valence-corrected chi connectivity index (χ1v) is 8.16. The van der Waals surface area contributed by atoms with Crippen molar-refractivity contribution in [1.29, 1.82) is 0 Å². The summed E-state index contributed by atoms with van der Waals surface area (Å²) in [5.74, 6) is 0.642. The molecule has 0 aromatic heterocycles. The van der Waals surface area contributed by atoms with E-state index >= 15 is 0 Å². The average Bonchev–Trinajstić information content (AvgIpc) is 2.61. The normalized spacial score (nSPS) is 9.88. The van der Waals surface area contributed by atoms with Crippen LogP contribution in [0.2, 0.25) is 5.02 Å². The number of hydrogen-bond acceptors (Lipinski definition) is 4. The fraction of sp³-hybridized carbons (Fsp3) is 0.176. The van der Waals surface area contributed by atoms with Crippen LogP contribution in [0.25, 0.3) is 0 Å². The van der Waals surface area contributed by atoms with E-state index in [9.17, 15) is 4.79 Å². The van der Waals surface area contributed by atoms with Crippen LogP contribution in [0.3, 0.4) is 0 Å². The van der Waals surface area contributed by atoms with Gasteiger partial charge in [0.1, 0.15) is 0 Å². The zero-order valence-corrected chi connectivity index (χ0v) is 15.3. The average molecular weight is 380 g/mol. The molecular formula is C17H18ClN3O3S. The van der Waals surface area contributed by atoms with Crippen molar-refractivity contribution in [3.8, 4) is 11.5 Å². The van der Waals surface area contributed by atoms with Crippen LogP contribution >= 0.6 is 23.8 Å². The number of carbonyl (C=O) groups excluding carboxylic acids is 1. The van der Waals surface area contributed by atoms with Gasteiger partial charge in [-0.25, -0.2) is 0 Å². The number of thiocarbonyl (C=S) groups is 1. The maximum atomic E-state index is 11.8.